The summed E-state index contributed by atoms with van der Waals surface area (Å²) in [5.41, 5.74) is -0.114. The second-order valence-corrected chi connectivity index (χ2v) is 5.04. The summed E-state index contributed by atoms with van der Waals surface area (Å²) in [5, 5.41) is 12.2. The molecule has 2 N–H and O–H groups in total. The number of carboxylic acids is 1. The van der Waals surface area contributed by atoms with Gasteiger partial charge < -0.3 is 15.3 Å². The molecule has 16 heavy (non-hydrogen) atoms. The molecule has 5 heteroatoms. The summed E-state index contributed by atoms with van der Waals surface area (Å²) >= 11 is 0. The molecule has 92 valence electrons. The Bertz CT molecular complexity index is 266. The topological polar surface area (TPSA) is 55.8 Å². The second kappa shape index (κ2) is 4.69. The van der Waals surface area contributed by atoms with Gasteiger partial charge in [0.25, 0.3) is 0 Å². The molecule has 2 aliphatic rings. The molecule has 2 rings (SSSR count). The van der Waals surface area contributed by atoms with Crippen molar-refractivity contribution in [3.63, 3.8) is 0 Å². The Hall–Kier alpha value is -0.650. The Morgan fingerprint density at radius 1 is 1.31 bits per heavy atom. The Morgan fingerprint density at radius 2 is 2.06 bits per heavy atom. The number of carbonyl (C=O) groups is 1. The summed E-state index contributed by atoms with van der Waals surface area (Å²) in [5.74, 6) is -0.681. The lowest BCUT2D eigenvalue weighted by molar-refractivity contribution is -0.141. The van der Waals surface area contributed by atoms with Gasteiger partial charge in [-0.25, -0.2) is 0 Å². The van der Waals surface area contributed by atoms with Crippen molar-refractivity contribution in [3.8, 4) is 0 Å². The van der Waals surface area contributed by atoms with Crippen molar-refractivity contribution in [2.24, 2.45) is 0 Å². The van der Waals surface area contributed by atoms with Crippen LogP contribution in [-0.4, -0.2) is 72.7 Å². The highest BCUT2D eigenvalue weighted by atomic mass is 16.4. The third-order valence-electron chi connectivity index (χ3n) is 3.78. The maximum atomic E-state index is 10.9. The number of aliphatic carboxylic acids is 1. The monoisotopic (exact) mass is 227 g/mol. The highest BCUT2D eigenvalue weighted by molar-refractivity contribution is 5.68. The molecule has 0 atom stereocenters. The van der Waals surface area contributed by atoms with E-state index in [0.29, 0.717) is 0 Å². The van der Waals surface area contributed by atoms with Crippen molar-refractivity contribution in [2.45, 2.75) is 18.4 Å². The Morgan fingerprint density at radius 3 is 2.62 bits per heavy atom. The van der Waals surface area contributed by atoms with E-state index in [4.69, 9.17) is 5.11 Å². The maximum absolute atomic E-state index is 10.9. The van der Waals surface area contributed by atoms with Gasteiger partial charge in [0.15, 0.2) is 0 Å². The molecule has 0 amide bonds. The normalized spacial score (nSPS) is 27.1. The van der Waals surface area contributed by atoms with E-state index in [1.807, 2.05) is 0 Å². The smallest absolute Gasteiger partial charge is 0.305 e. The number of hydrogen-bond acceptors (Lipinski definition) is 4. The number of rotatable bonds is 3. The summed E-state index contributed by atoms with van der Waals surface area (Å²) in [6.45, 7) is 5.82. The van der Waals surface area contributed by atoms with E-state index in [9.17, 15) is 4.79 Å². The van der Waals surface area contributed by atoms with E-state index < -0.39 is 5.97 Å². The molecule has 0 aromatic carbocycles. The summed E-state index contributed by atoms with van der Waals surface area (Å²) in [6.07, 6.45) is 1.40. The van der Waals surface area contributed by atoms with Crippen LogP contribution in [0.15, 0.2) is 0 Å². The molecule has 0 aromatic heterocycles. The molecule has 2 saturated heterocycles. The Kier molecular flexibility index (Phi) is 3.47. The molecule has 0 saturated carbocycles. The zero-order chi connectivity index (χ0) is 11.6. The van der Waals surface area contributed by atoms with E-state index >= 15 is 0 Å². The zero-order valence-corrected chi connectivity index (χ0v) is 9.91. The van der Waals surface area contributed by atoms with Crippen LogP contribution in [0, 0.1) is 0 Å². The first-order valence-corrected chi connectivity index (χ1v) is 5.98. The molecule has 0 radical (unpaired) electrons. The number of hydrogen-bond donors (Lipinski definition) is 2. The van der Waals surface area contributed by atoms with Gasteiger partial charge in [0.1, 0.15) is 0 Å². The number of likely N-dealkylation sites (N-methyl/N-ethyl adjacent to an activating group) is 1. The molecule has 5 nitrogen and oxygen atoms in total. The summed E-state index contributed by atoms with van der Waals surface area (Å²) in [4.78, 5) is 15.6. The van der Waals surface area contributed by atoms with Gasteiger partial charge in [-0.2, -0.15) is 0 Å². The lowest BCUT2D eigenvalue weighted by Gasteiger charge is -2.49. The zero-order valence-electron chi connectivity index (χ0n) is 9.91. The van der Waals surface area contributed by atoms with E-state index in [0.717, 1.165) is 45.7 Å². The van der Waals surface area contributed by atoms with Gasteiger partial charge >= 0.3 is 5.97 Å². The van der Waals surface area contributed by atoms with Crippen molar-refractivity contribution >= 4 is 5.97 Å². The molecule has 0 aliphatic carbocycles. The summed E-state index contributed by atoms with van der Waals surface area (Å²) < 4.78 is 0. The molecular weight excluding hydrogens is 206 g/mol. The minimum absolute atomic E-state index is 0.114. The Labute approximate surface area is 96.4 Å². The fourth-order valence-electron chi connectivity index (χ4n) is 2.68. The van der Waals surface area contributed by atoms with Gasteiger partial charge in [0.2, 0.25) is 0 Å². The van der Waals surface area contributed by atoms with Gasteiger partial charge in [-0.1, -0.05) is 0 Å². The van der Waals surface area contributed by atoms with Crippen LogP contribution in [0.3, 0.4) is 0 Å². The largest absolute Gasteiger partial charge is 0.481 e. The van der Waals surface area contributed by atoms with Crippen LogP contribution in [0.4, 0.5) is 0 Å². The van der Waals surface area contributed by atoms with Crippen LogP contribution in [0.1, 0.15) is 12.8 Å². The van der Waals surface area contributed by atoms with Crippen LogP contribution in [0.5, 0.6) is 0 Å². The number of carboxylic acid groups (broad SMARTS) is 1. The first kappa shape index (κ1) is 11.8. The van der Waals surface area contributed by atoms with Gasteiger partial charge in [0, 0.05) is 32.7 Å². The van der Waals surface area contributed by atoms with Crippen molar-refractivity contribution in [1.82, 2.24) is 15.1 Å². The predicted molar refractivity (Wildman–Crippen MR) is 61.5 cm³/mol. The minimum atomic E-state index is -0.681. The van der Waals surface area contributed by atoms with E-state index in [-0.39, 0.29) is 12.0 Å². The van der Waals surface area contributed by atoms with Crippen molar-refractivity contribution < 1.29 is 9.90 Å². The molecular formula is C11H21N3O2. The van der Waals surface area contributed by atoms with Gasteiger partial charge in [-0.15, -0.1) is 0 Å². The molecule has 2 aliphatic heterocycles. The molecule has 2 fully saturated rings. The van der Waals surface area contributed by atoms with E-state index in [1.54, 1.807) is 0 Å². The van der Waals surface area contributed by atoms with Crippen LogP contribution in [0.2, 0.25) is 0 Å². The van der Waals surface area contributed by atoms with Crippen molar-refractivity contribution in [3.05, 3.63) is 0 Å². The SMILES string of the molecule is CN1CCCN(C2(CC(=O)O)CNC2)CC1. The van der Waals surface area contributed by atoms with Gasteiger partial charge in [-0.05, 0) is 20.0 Å². The first-order valence-electron chi connectivity index (χ1n) is 5.98. The molecule has 0 unspecified atom stereocenters. The standard InChI is InChI=1S/C11H21N3O2/c1-13-3-2-4-14(6-5-13)11(7-10(15)16)8-12-9-11/h12H,2-9H2,1H3,(H,15,16). The van der Waals surface area contributed by atoms with Crippen LogP contribution >= 0.6 is 0 Å². The predicted octanol–water partition coefficient (Wildman–Crippen LogP) is -0.559. The molecule has 0 spiro atoms. The van der Waals surface area contributed by atoms with Crippen LogP contribution in [-0.2, 0) is 4.79 Å². The highest BCUT2D eigenvalue weighted by Gasteiger charge is 2.44. The van der Waals surface area contributed by atoms with Crippen LogP contribution in [0.25, 0.3) is 0 Å². The van der Waals surface area contributed by atoms with E-state index in [2.05, 4.69) is 22.2 Å². The number of nitrogens with one attached hydrogen (secondary N) is 1. The lowest BCUT2D eigenvalue weighted by atomic mass is 9.86. The third-order valence-corrected chi connectivity index (χ3v) is 3.78. The van der Waals surface area contributed by atoms with E-state index in [1.165, 1.54) is 0 Å². The fraction of sp³-hybridized carbons (Fsp3) is 0.909. The lowest BCUT2D eigenvalue weighted by Crippen LogP contribution is -2.70. The highest BCUT2D eigenvalue weighted by Crippen LogP contribution is 2.26. The maximum Gasteiger partial charge on any atom is 0.305 e. The molecule has 0 aromatic rings. The first-order chi connectivity index (χ1) is 7.62. The quantitative estimate of drug-likeness (QED) is 0.677. The molecule has 2 heterocycles. The average molecular weight is 227 g/mol. The van der Waals surface area contributed by atoms with Crippen LogP contribution < -0.4 is 5.32 Å². The average Bonchev–Trinajstić information content (AvgIpc) is 2.37. The summed E-state index contributed by atoms with van der Waals surface area (Å²) in [6, 6.07) is 0. The molecule has 0 bridgehead atoms. The van der Waals surface area contributed by atoms with Crippen molar-refractivity contribution in [1.29, 1.82) is 0 Å². The summed E-state index contributed by atoms with van der Waals surface area (Å²) in [7, 11) is 2.13. The van der Waals surface area contributed by atoms with Gasteiger partial charge in [-0.3, -0.25) is 9.69 Å². The minimum Gasteiger partial charge on any atom is -0.481 e. The third kappa shape index (κ3) is 2.36. The van der Waals surface area contributed by atoms with Gasteiger partial charge in [0.05, 0.1) is 12.0 Å². The Balaban J connectivity index is 2.00. The fourth-order valence-corrected chi connectivity index (χ4v) is 2.68. The second-order valence-electron chi connectivity index (χ2n) is 5.04. The number of nitrogens with zero attached hydrogens (tertiary/aromatic N) is 2. The van der Waals surface area contributed by atoms with Crippen molar-refractivity contribution in [2.75, 3.05) is 46.3 Å².